The van der Waals surface area contributed by atoms with E-state index < -0.39 is 0 Å². The highest BCUT2D eigenvalue weighted by molar-refractivity contribution is 7.71. The molecule has 1 amide bonds. The number of likely N-dealkylation sites (tertiary alicyclic amines) is 1. The summed E-state index contributed by atoms with van der Waals surface area (Å²) >= 11 is 5.38. The lowest BCUT2D eigenvalue weighted by Crippen LogP contribution is -2.38. The summed E-state index contributed by atoms with van der Waals surface area (Å²) in [5.74, 6) is 1.28. The fraction of sp³-hybridized carbons (Fsp3) is 0.333. The van der Waals surface area contributed by atoms with Gasteiger partial charge in [-0.25, -0.2) is 0 Å². The van der Waals surface area contributed by atoms with E-state index in [4.69, 9.17) is 17.0 Å². The first-order chi connectivity index (χ1) is 15.1. The average Bonchev–Trinajstić information content (AvgIpc) is 3.21. The normalized spacial score (nSPS) is 15.0. The number of H-pyrrole nitrogens is 1. The van der Waals surface area contributed by atoms with Crippen molar-refractivity contribution in [3.8, 4) is 11.4 Å². The van der Waals surface area contributed by atoms with Crippen molar-refractivity contribution in [3.63, 3.8) is 0 Å². The highest BCUT2D eigenvalue weighted by Gasteiger charge is 2.21. The Kier molecular flexibility index (Phi) is 6.84. The van der Waals surface area contributed by atoms with Crippen LogP contribution in [0.15, 0.2) is 60.8 Å². The van der Waals surface area contributed by atoms with Gasteiger partial charge in [0.2, 0.25) is 0 Å². The number of nitrogens with zero attached hydrogens (tertiary/aromatic N) is 2. The smallest absolute Gasteiger partial charge is 0.269 e. The van der Waals surface area contributed by atoms with Gasteiger partial charge in [-0.15, -0.1) is 0 Å². The maximum atomic E-state index is 12.8. The third-order valence-electron chi connectivity index (χ3n) is 5.85. The van der Waals surface area contributed by atoms with Gasteiger partial charge in [-0.05, 0) is 73.9 Å². The number of aromatic nitrogens is 2. The summed E-state index contributed by atoms with van der Waals surface area (Å²) in [4.78, 5) is 18.3. The summed E-state index contributed by atoms with van der Waals surface area (Å²) in [5, 5.41) is 3.11. The molecule has 1 aliphatic rings. The predicted molar refractivity (Wildman–Crippen MR) is 124 cm³/mol. The molecule has 1 aliphatic heterocycles. The van der Waals surface area contributed by atoms with Crippen LogP contribution in [0.4, 0.5) is 0 Å². The van der Waals surface area contributed by atoms with E-state index in [-0.39, 0.29) is 5.91 Å². The van der Waals surface area contributed by atoms with Gasteiger partial charge in [0, 0.05) is 25.0 Å². The number of piperidine rings is 1. The molecule has 1 saturated heterocycles. The van der Waals surface area contributed by atoms with Crippen molar-refractivity contribution in [2.24, 2.45) is 5.92 Å². The summed E-state index contributed by atoms with van der Waals surface area (Å²) < 4.78 is 7.52. The van der Waals surface area contributed by atoms with Crippen molar-refractivity contribution >= 4 is 18.1 Å². The van der Waals surface area contributed by atoms with E-state index in [0.29, 0.717) is 22.9 Å². The highest BCUT2D eigenvalue weighted by Crippen LogP contribution is 2.20. The molecular weight excluding hydrogens is 408 g/mol. The molecule has 4 rings (SSSR count). The van der Waals surface area contributed by atoms with Gasteiger partial charge in [-0.1, -0.05) is 30.3 Å². The zero-order valence-corrected chi connectivity index (χ0v) is 18.5. The molecule has 0 saturated carbocycles. The molecule has 2 aromatic carbocycles. The largest absolute Gasteiger partial charge is 0.497 e. The molecule has 0 radical (unpaired) electrons. The third kappa shape index (κ3) is 5.24. The maximum Gasteiger partial charge on any atom is 0.269 e. The lowest BCUT2D eigenvalue weighted by atomic mass is 9.96. The predicted octanol–water partition coefficient (Wildman–Crippen LogP) is 4.19. The van der Waals surface area contributed by atoms with Crippen LogP contribution >= 0.6 is 12.2 Å². The minimum atomic E-state index is -0.100. The molecule has 6 nitrogen and oxygen atoms in total. The molecule has 1 aromatic heterocycles. The van der Waals surface area contributed by atoms with Gasteiger partial charge in [0.1, 0.15) is 11.4 Å². The van der Waals surface area contributed by atoms with E-state index in [0.717, 1.165) is 43.9 Å². The van der Waals surface area contributed by atoms with Gasteiger partial charge >= 0.3 is 0 Å². The minimum absolute atomic E-state index is 0.100. The number of rotatable bonds is 7. The van der Waals surface area contributed by atoms with E-state index in [1.165, 1.54) is 5.56 Å². The van der Waals surface area contributed by atoms with Crippen molar-refractivity contribution < 1.29 is 9.53 Å². The highest BCUT2D eigenvalue weighted by atomic mass is 32.1. The van der Waals surface area contributed by atoms with Crippen LogP contribution in [0.2, 0.25) is 0 Å². The molecule has 0 atom stereocenters. The molecule has 0 aliphatic carbocycles. The van der Waals surface area contributed by atoms with E-state index in [2.05, 4.69) is 27.3 Å². The number of hydrogen-bond donors (Lipinski definition) is 2. The Labute approximate surface area is 187 Å². The van der Waals surface area contributed by atoms with E-state index in [9.17, 15) is 4.79 Å². The number of amides is 1. The zero-order chi connectivity index (χ0) is 21.6. The number of ether oxygens (including phenoxy) is 1. The van der Waals surface area contributed by atoms with E-state index >= 15 is 0 Å². The molecular formula is C24H28N4O2S. The molecule has 3 aromatic rings. The number of aromatic amines is 1. The zero-order valence-electron chi connectivity index (χ0n) is 17.7. The Morgan fingerprint density at radius 2 is 1.84 bits per heavy atom. The quantitative estimate of drug-likeness (QED) is 0.546. The van der Waals surface area contributed by atoms with Crippen LogP contribution in [0, 0.1) is 10.7 Å². The Balaban J connectivity index is 1.28. The van der Waals surface area contributed by atoms with Crippen LogP contribution in [-0.2, 0) is 6.54 Å². The fourth-order valence-corrected chi connectivity index (χ4v) is 4.30. The number of carbonyl (C=O) groups is 1. The second kappa shape index (κ2) is 9.94. The standard InChI is InChI=1S/C24H28N4O2S/c1-30-21-9-7-19(8-10-21)17-27-13-11-18(12-14-27)15-25-23(29)22-16-26-24(31)28(22)20-5-3-2-4-6-20/h2-10,16,18H,11-15,17H2,1H3,(H,25,29)(H,26,31). The molecule has 1 fully saturated rings. The summed E-state index contributed by atoms with van der Waals surface area (Å²) in [6, 6.07) is 18.0. The molecule has 2 heterocycles. The summed E-state index contributed by atoms with van der Waals surface area (Å²) in [6.45, 7) is 3.71. The lowest BCUT2D eigenvalue weighted by Gasteiger charge is -2.32. The summed E-state index contributed by atoms with van der Waals surface area (Å²) in [6.07, 6.45) is 3.84. The number of para-hydroxylation sites is 1. The SMILES string of the molecule is COc1ccc(CN2CCC(CNC(=O)c3c[nH]c(=S)n3-c3ccccc3)CC2)cc1. The van der Waals surface area contributed by atoms with Crippen LogP contribution in [0.5, 0.6) is 5.75 Å². The van der Waals surface area contributed by atoms with Gasteiger partial charge in [0.05, 0.1) is 7.11 Å². The molecule has 7 heteroatoms. The van der Waals surface area contributed by atoms with E-state index in [1.807, 2.05) is 42.5 Å². The number of methoxy groups -OCH3 is 1. The molecule has 2 N–H and O–H groups in total. The van der Waals surface area contributed by atoms with Crippen molar-refractivity contribution in [2.45, 2.75) is 19.4 Å². The number of imidazole rings is 1. The topological polar surface area (TPSA) is 62.3 Å². The Bertz CT molecular complexity index is 1050. The second-order valence-corrected chi connectivity index (χ2v) is 8.31. The number of carbonyl (C=O) groups excluding carboxylic acids is 1. The monoisotopic (exact) mass is 436 g/mol. The number of nitrogens with one attached hydrogen (secondary N) is 2. The Morgan fingerprint density at radius 1 is 1.13 bits per heavy atom. The number of hydrogen-bond acceptors (Lipinski definition) is 4. The van der Waals surface area contributed by atoms with Crippen LogP contribution < -0.4 is 10.1 Å². The van der Waals surface area contributed by atoms with Gasteiger partial charge in [0.15, 0.2) is 4.77 Å². The molecule has 0 bridgehead atoms. The third-order valence-corrected chi connectivity index (χ3v) is 6.15. The van der Waals surface area contributed by atoms with Crippen molar-refractivity contribution in [3.05, 3.63) is 76.8 Å². The van der Waals surface area contributed by atoms with E-state index in [1.54, 1.807) is 17.9 Å². The first-order valence-corrected chi connectivity index (χ1v) is 11.0. The van der Waals surface area contributed by atoms with Crippen LogP contribution in [0.3, 0.4) is 0 Å². The van der Waals surface area contributed by atoms with Gasteiger partial charge < -0.3 is 15.0 Å². The summed E-state index contributed by atoms with van der Waals surface area (Å²) in [5.41, 5.74) is 2.71. The van der Waals surface area contributed by atoms with Crippen LogP contribution in [0.25, 0.3) is 5.69 Å². The van der Waals surface area contributed by atoms with Crippen molar-refractivity contribution in [1.29, 1.82) is 0 Å². The first-order valence-electron chi connectivity index (χ1n) is 10.6. The van der Waals surface area contributed by atoms with Gasteiger partial charge in [0.25, 0.3) is 5.91 Å². The summed E-state index contributed by atoms with van der Waals surface area (Å²) in [7, 11) is 1.69. The molecule has 0 unspecified atom stereocenters. The molecule has 162 valence electrons. The van der Waals surface area contributed by atoms with Crippen LogP contribution in [0.1, 0.15) is 28.9 Å². The maximum absolute atomic E-state index is 12.8. The molecule has 0 spiro atoms. The Hall–Kier alpha value is -2.90. The number of benzene rings is 2. The molecule has 31 heavy (non-hydrogen) atoms. The average molecular weight is 437 g/mol. The lowest BCUT2D eigenvalue weighted by molar-refractivity contribution is 0.0928. The first kappa shape index (κ1) is 21.3. The van der Waals surface area contributed by atoms with Crippen LogP contribution in [-0.4, -0.2) is 47.1 Å². The second-order valence-electron chi connectivity index (χ2n) is 7.93. The van der Waals surface area contributed by atoms with Gasteiger partial charge in [-0.3, -0.25) is 14.3 Å². The van der Waals surface area contributed by atoms with Crippen molar-refractivity contribution in [2.75, 3.05) is 26.7 Å². The Morgan fingerprint density at radius 3 is 2.52 bits per heavy atom. The fourth-order valence-electron chi connectivity index (χ4n) is 4.03. The minimum Gasteiger partial charge on any atom is -0.497 e. The van der Waals surface area contributed by atoms with Gasteiger partial charge in [-0.2, -0.15) is 0 Å². The van der Waals surface area contributed by atoms with Crippen molar-refractivity contribution in [1.82, 2.24) is 19.8 Å².